The van der Waals surface area contributed by atoms with E-state index in [0.29, 0.717) is 6.61 Å². The van der Waals surface area contributed by atoms with Crippen LogP contribution in [0.25, 0.3) is 0 Å². The molecule has 3 unspecified atom stereocenters. The van der Waals surface area contributed by atoms with Crippen molar-refractivity contribution in [3.05, 3.63) is 0 Å². The van der Waals surface area contributed by atoms with Gasteiger partial charge in [0, 0.05) is 12.0 Å². The molecule has 0 saturated carbocycles. The summed E-state index contributed by atoms with van der Waals surface area (Å²) in [4.78, 5) is 0. The molecule has 1 saturated heterocycles. The maximum atomic E-state index is 10.2. The van der Waals surface area contributed by atoms with E-state index in [1.54, 1.807) is 0 Å². The molecule has 0 radical (unpaired) electrons. The second kappa shape index (κ2) is 6.58. The van der Waals surface area contributed by atoms with E-state index < -0.39 is 17.8 Å². The number of rotatable bonds is 6. The Morgan fingerprint density at radius 1 is 1.38 bits per heavy atom. The first-order valence-corrected chi connectivity index (χ1v) is 6.59. The smallest absolute Gasteiger partial charge is 0.162 e. The topological polar surface area (TPSA) is 49.7 Å². The Hall–Kier alpha value is -0.120. The normalized spacial score (nSPS) is 32.6. The van der Waals surface area contributed by atoms with Crippen molar-refractivity contribution in [2.45, 2.75) is 71.2 Å². The first-order chi connectivity index (χ1) is 7.61. The van der Waals surface area contributed by atoms with Crippen LogP contribution in [0.1, 0.15) is 58.8 Å². The van der Waals surface area contributed by atoms with Crippen LogP contribution in [0, 0.1) is 5.41 Å². The first-order valence-electron chi connectivity index (χ1n) is 6.59. The summed E-state index contributed by atoms with van der Waals surface area (Å²) in [6.07, 6.45) is 5.95. The molecular formula is C13H26O3. The summed E-state index contributed by atoms with van der Waals surface area (Å²) in [5, 5.41) is 20.0. The van der Waals surface area contributed by atoms with Gasteiger partial charge in [-0.05, 0) is 19.3 Å². The van der Waals surface area contributed by atoms with Crippen molar-refractivity contribution < 1.29 is 14.9 Å². The van der Waals surface area contributed by atoms with Gasteiger partial charge in [0.05, 0.1) is 6.10 Å². The molecule has 3 atom stereocenters. The average molecular weight is 230 g/mol. The molecule has 1 aliphatic rings. The Morgan fingerprint density at radius 3 is 2.75 bits per heavy atom. The number of unbranched alkanes of at least 4 members (excludes halogenated alkanes) is 3. The predicted molar refractivity (Wildman–Crippen MR) is 64.1 cm³/mol. The highest BCUT2D eigenvalue weighted by molar-refractivity contribution is 4.87. The molecule has 3 heteroatoms. The maximum absolute atomic E-state index is 10.2. The molecule has 1 heterocycles. The molecule has 0 aromatic heterocycles. The van der Waals surface area contributed by atoms with Crippen molar-refractivity contribution in [2.75, 3.05) is 6.61 Å². The third kappa shape index (κ3) is 3.44. The standard InChI is InChI=1S/C13H26O3/c1-3-4-5-6-8-11(14)13(2)9-7-10-16-12(13)15/h11-12,14-15H,3-10H2,1-2H3. The monoisotopic (exact) mass is 230 g/mol. The molecule has 1 fully saturated rings. The zero-order valence-electron chi connectivity index (χ0n) is 10.6. The van der Waals surface area contributed by atoms with Crippen molar-refractivity contribution in [3.63, 3.8) is 0 Å². The fourth-order valence-corrected chi connectivity index (χ4v) is 2.39. The lowest BCUT2D eigenvalue weighted by Crippen LogP contribution is -2.47. The van der Waals surface area contributed by atoms with Crippen molar-refractivity contribution in [1.29, 1.82) is 0 Å². The lowest BCUT2D eigenvalue weighted by atomic mass is 9.76. The Morgan fingerprint density at radius 2 is 2.12 bits per heavy atom. The van der Waals surface area contributed by atoms with Gasteiger partial charge < -0.3 is 14.9 Å². The second-order valence-electron chi connectivity index (χ2n) is 5.20. The van der Waals surface area contributed by atoms with Crippen LogP contribution in [-0.4, -0.2) is 29.2 Å². The molecule has 0 aliphatic carbocycles. The molecular weight excluding hydrogens is 204 g/mol. The summed E-state index contributed by atoms with van der Waals surface area (Å²) in [5.41, 5.74) is -0.468. The van der Waals surface area contributed by atoms with Crippen LogP contribution in [0.3, 0.4) is 0 Å². The third-order valence-electron chi connectivity index (χ3n) is 3.79. The highest BCUT2D eigenvalue weighted by atomic mass is 16.6. The number of aliphatic hydroxyl groups is 2. The third-order valence-corrected chi connectivity index (χ3v) is 3.79. The number of hydrogen-bond acceptors (Lipinski definition) is 3. The Labute approximate surface area is 98.8 Å². The SMILES string of the molecule is CCCCCCC(O)C1(C)CCCOC1O. The van der Waals surface area contributed by atoms with Crippen LogP contribution in [0.15, 0.2) is 0 Å². The van der Waals surface area contributed by atoms with Gasteiger partial charge in [-0.25, -0.2) is 0 Å². The van der Waals surface area contributed by atoms with E-state index in [0.717, 1.165) is 25.7 Å². The molecule has 2 N–H and O–H groups in total. The van der Waals surface area contributed by atoms with Crippen molar-refractivity contribution >= 4 is 0 Å². The lowest BCUT2D eigenvalue weighted by Gasteiger charge is -2.41. The number of ether oxygens (including phenoxy) is 1. The summed E-state index contributed by atoms with van der Waals surface area (Å²) in [5.74, 6) is 0. The minimum Gasteiger partial charge on any atom is -0.392 e. The van der Waals surface area contributed by atoms with E-state index in [-0.39, 0.29) is 0 Å². The average Bonchev–Trinajstić information content (AvgIpc) is 2.28. The lowest BCUT2D eigenvalue weighted by molar-refractivity contribution is -0.228. The zero-order chi connectivity index (χ0) is 12.0. The van der Waals surface area contributed by atoms with Crippen LogP contribution in [0.5, 0.6) is 0 Å². The maximum Gasteiger partial charge on any atom is 0.162 e. The van der Waals surface area contributed by atoms with Gasteiger partial charge in [0.2, 0.25) is 0 Å². The van der Waals surface area contributed by atoms with E-state index >= 15 is 0 Å². The fourth-order valence-electron chi connectivity index (χ4n) is 2.39. The van der Waals surface area contributed by atoms with Gasteiger partial charge in [-0.1, -0.05) is 39.5 Å². The highest BCUT2D eigenvalue weighted by Crippen LogP contribution is 2.37. The quantitative estimate of drug-likeness (QED) is 0.689. The molecule has 3 nitrogen and oxygen atoms in total. The van der Waals surface area contributed by atoms with Crippen LogP contribution < -0.4 is 0 Å². The molecule has 0 bridgehead atoms. The Balaban J connectivity index is 2.35. The summed E-state index contributed by atoms with van der Waals surface area (Å²) < 4.78 is 5.24. The van der Waals surface area contributed by atoms with E-state index in [4.69, 9.17) is 4.74 Å². The van der Waals surface area contributed by atoms with Crippen LogP contribution in [-0.2, 0) is 4.74 Å². The van der Waals surface area contributed by atoms with E-state index in [1.807, 2.05) is 6.92 Å². The van der Waals surface area contributed by atoms with E-state index in [1.165, 1.54) is 19.3 Å². The van der Waals surface area contributed by atoms with Gasteiger partial charge in [-0.15, -0.1) is 0 Å². The van der Waals surface area contributed by atoms with Crippen LogP contribution in [0.2, 0.25) is 0 Å². The van der Waals surface area contributed by atoms with Crippen LogP contribution >= 0.6 is 0 Å². The molecule has 0 aromatic rings. The Kier molecular flexibility index (Phi) is 5.73. The first kappa shape index (κ1) is 13.9. The summed E-state index contributed by atoms with van der Waals surface area (Å²) in [6.45, 7) is 4.72. The molecule has 1 aliphatic heterocycles. The van der Waals surface area contributed by atoms with Gasteiger partial charge in [0.15, 0.2) is 6.29 Å². The predicted octanol–water partition coefficient (Wildman–Crippen LogP) is 2.45. The van der Waals surface area contributed by atoms with Gasteiger partial charge >= 0.3 is 0 Å². The molecule has 1 rings (SSSR count). The summed E-state index contributed by atoms with van der Waals surface area (Å²) in [7, 11) is 0. The minimum atomic E-state index is -0.803. The summed E-state index contributed by atoms with van der Waals surface area (Å²) >= 11 is 0. The second-order valence-corrected chi connectivity index (χ2v) is 5.20. The van der Waals surface area contributed by atoms with Crippen molar-refractivity contribution in [2.24, 2.45) is 5.41 Å². The molecule has 16 heavy (non-hydrogen) atoms. The molecule has 0 spiro atoms. The van der Waals surface area contributed by atoms with Crippen LogP contribution in [0.4, 0.5) is 0 Å². The largest absolute Gasteiger partial charge is 0.392 e. The number of hydrogen-bond donors (Lipinski definition) is 2. The number of aliphatic hydroxyl groups excluding tert-OH is 2. The van der Waals surface area contributed by atoms with E-state index in [2.05, 4.69) is 6.92 Å². The molecule has 96 valence electrons. The van der Waals surface area contributed by atoms with Gasteiger partial charge in [-0.3, -0.25) is 0 Å². The Bertz CT molecular complexity index is 196. The van der Waals surface area contributed by atoms with E-state index in [9.17, 15) is 10.2 Å². The van der Waals surface area contributed by atoms with Gasteiger partial charge in [0.1, 0.15) is 0 Å². The van der Waals surface area contributed by atoms with Crippen molar-refractivity contribution in [1.82, 2.24) is 0 Å². The molecule has 0 aromatic carbocycles. The van der Waals surface area contributed by atoms with Crippen molar-refractivity contribution in [3.8, 4) is 0 Å². The van der Waals surface area contributed by atoms with Gasteiger partial charge in [-0.2, -0.15) is 0 Å². The zero-order valence-corrected chi connectivity index (χ0v) is 10.6. The minimum absolute atomic E-state index is 0.445. The van der Waals surface area contributed by atoms with Gasteiger partial charge in [0.25, 0.3) is 0 Å². The summed E-state index contributed by atoms with van der Waals surface area (Å²) in [6, 6.07) is 0. The fraction of sp³-hybridized carbons (Fsp3) is 1.00. The molecule has 0 amide bonds. The highest BCUT2D eigenvalue weighted by Gasteiger charge is 2.42.